The molecule has 0 aliphatic heterocycles. The second-order valence-corrected chi connectivity index (χ2v) is 6.93. The van der Waals surface area contributed by atoms with Crippen molar-refractivity contribution < 1.29 is 18.3 Å². The number of hydrogen-bond acceptors (Lipinski definition) is 4. The lowest BCUT2D eigenvalue weighted by atomic mass is 10.3. The number of aliphatic hydroxyl groups excluding tert-OH is 1. The summed E-state index contributed by atoms with van der Waals surface area (Å²) in [5, 5.41) is 9.09. The molecule has 1 atom stereocenters. The van der Waals surface area contributed by atoms with Crippen LogP contribution < -0.4 is 9.46 Å². The van der Waals surface area contributed by atoms with Crippen LogP contribution in [0.4, 0.5) is 0 Å². The van der Waals surface area contributed by atoms with Crippen molar-refractivity contribution in [3.05, 3.63) is 21.6 Å². The highest BCUT2D eigenvalue weighted by Gasteiger charge is 2.24. The van der Waals surface area contributed by atoms with Crippen LogP contribution in [0.15, 0.2) is 21.5 Å². The molecule has 1 aromatic rings. The van der Waals surface area contributed by atoms with Crippen molar-refractivity contribution in [1.82, 2.24) is 4.72 Å². The van der Waals surface area contributed by atoms with Gasteiger partial charge < -0.3 is 9.84 Å². The molecule has 0 heterocycles. The first-order valence-electron chi connectivity index (χ1n) is 5.48. The van der Waals surface area contributed by atoms with Gasteiger partial charge in [-0.25, -0.2) is 13.1 Å². The maximum atomic E-state index is 12.2. The Balaban J connectivity index is 3.21. The Bertz CT molecular complexity index is 550. The molecule has 8 heteroatoms. The van der Waals surface area contributed by atoms with Crippen molar-refractivity contribution in [1.29, 1.82) is 0 Å². The number of halogens is 2. The van der Waals surface area contributed by atoms with Crippen LogP contribution in [0.2, 0.25) is 5.02 Å². The zero-order valence-corrected chi connectivity index (χ0v) is 13.6. The highest BCUT2D eigenvalue weighted by atomic mass is 79.9. The SMILES string of the molecule is COc1c(Br)cc(Cl)cc1S(=O)(=O)NC(C)CCO. The van der Waals surface area contributed by atoms with Crippen LogP contribution in [0.5, 0.6) is 5.75 Å². The normalized spacial score (nSPS) is 13.3. The van der Waals surface area contributed by atoms with E-state index in [-0.39, 0.29) is 22.3 Å². The summed E-state index contributed by atoms with van der Waals surface area (Å²) in [6.45, 7) is 1.57. The second kappa shape index (κ2) is 6.90. The van der Waals surface area contributed by atoms with Crippen LogP contribution in [0.3, 0.4) is 0 Å². The van der Waals surface area contributed by atoms with Gasteiger partial charge in [-0.1, -0.05) is 11.6 Å². The van der Waals surface area contributed by atoms with Gasteiger partial charge in [0.25, 0.3) is 0 Å². The number of sulfonamides is 1. The molecule has 0 aliphatic rings. The van der Waals surface area contributed by atoms with Crippen LogP contribution in [0.1, 0.15) is 13.3 Å². The average molecular weight is 373 g/mol. The monoisotopic (exact) mass is 371 g/mol. The zero-order valence-electron chi connectivity index (χ0n) is 10.5. The van der Waals surface area contributed by atoms with Crippen LogP contribution in [-0.2, 0) is 10.0 Å². The molecule has 108 valence electrons. The molecule has 0 saturated carbocycles. The van der Waals surface area contributed by atoms with Gasteiger partial charge in [0.15, 0.2) is 5.75 Å². The molecule has 0 bridgehead atoms. The van der Waals surface area contributed by atoms with Gasteiger partial charge >= 0.3 is 0 Å². The lowest BCUT2D eigenvalue weighted by molar-refractivity contribution is 0.275. The van der Waals surface area contributed by atoms with Crippen LogP contribution in [0, 0.1) is 0 Å². The van der Waals surface area contributed by atoms with E-state index < -0.39 is 16.1 Å². The van der Waals surface area contributed by atoms with Gasteiger partial charge in [-0.2, -0.15) is 0 Å². The van der Waals surface area contributed by atoms with E-state index in [1.807, 2.05) is 0 Å². The van der Waals surface area contributed by atoms with E-state index in [2.05, 4.69) is 20.7 Å². The zero-order chi connectivity index (χ0) is 14.6. The largest absolute Gasteiger partial charge is 0.494 e. The van der Waals surface area contributed by atoms with Crippen molar-refractivity contribution in [2.75, 3.05) is 13.7 Å². The fourth-order valence-corrected chi connectivity index (χ4v) is 4.18. The van der Waals surface area contributed by atoms with Crippen LogP contribution in [-0.4, -0.2) is 33.3 Å². The van der Waals surface area contributed by atoms with E-state index in [9.17, 15) is 8.42 Å². The molecule has 0 spiro atoms. The number of benzene rings is 1. The first-order chi connectivity index (χ1) is 8.81. The Kier molecular flexibility index (Phi) is 6.07. The van der Waals surface area contributed by atoms with Gasteiger partial charge in [0.1, 0.15) is 4.90 Å². The van der Waals surface area contributed by atoms with Crippen molar-refractivity contribution in [3.63, 3.8) is 0 Å². The Morgan fingerprint density at radius 1 is 1.53 bits per heavy atom. The maximum absolute atomic E-state index is 12.2. The number of nitrogens with one attached hydrogen (secondary N) is 1. The number of ether oxygens (including phenoxy) is 1. The molecule has 0 saturated heterocycles. The van der Waals surface area contributed by atoms with Gasteiger partial charge in [-0.05, 0) is 41.4 Å². The molecule has 2 N–H and O–H groups in total. The molecule has 0 radical (unpaired) electrons. The minimum Gasteiger partial charge on any atom is -0.494 e. The third-order valence-electron chi connectivity index (χ3n) is 2.39. The van der Waals surface area contributed by atoms with Gasteiger partial charge in [-0.15, -0.1) is 0 Å². The molecule has 0 fully saturated rings. The average Bonchev–Trinajstić information content (AvgIpc) is 2.27. The second-order valence-electron chi connectivity index (χ2n) is 3.95. The lowest BCUT2D eigenvalue weighted by Crippen LogP contribution is -2.33. The number of rotatable bonds is 6. The molecule has 19 heavy (non-hydrogen) atoms. The fraction of sp³-hybridized carbons (Fsp3) is 0.455. The van der Waals surface area contributed by atoms with E-state index in [0.717, 1.165) is 0 Å². The molecule has 0 amide bonds. The highest BCUT2D eigenvalue weighted by Crippen LogP contribution is 2.35. The Morgan fingerprint density at radius 3 is 2.68 bits per heavy atom. The molecule has 1 rings (SSSR count). The third kappa shape index (κ3) is 4.32. The summed E-state index contributed by atoms with van der Waals surface area (Å²) in [5.74, 6) is 0.188. The molecule has 0 aromatic heterocycles. The Hall–Kier alpha value is -0.340. The van der Waals surface area contributed by atoms with Gasteiger partial charge in [0.2, 0.25) is 10.0 Å². The topological polar surface area (TPSA) is 75.6 Å². The van der Waals surface area contributed by atoms with Crippen molar-refractivity contribution in [2.45, 2.75) is 24.3 Å². The summed E-state index contributed by atoms with van der Waals surface area (Å²) in [6.07, 6.45) is 0.323. The highest BCUT2D eigenvalue weighted by molar-refractivity contribution is 9.10. The van der Waals surface area contributed by atoms with E-state index in [4.69, 9.17) is 21.4 Å². The number of aliphatic hydroxyl groups is 1. The van der Waals surface area contributed by atoms with E-state index in [1.165, 1.54) is 13.2 Å². The van der Waals surface area contributed by atoms with Gasteiger partial charge in [0.05, 0.1) is 11.6 Å². The van der Waals surface area contributed by atoms with E-state index in [0.29, 0.717) is 10.9 Å². The third-order valence-corrected chi connectivity index (χ3v) is 4.79. The van der Waals surface area contributed by atoms with E-state index in [1.54, 1.807) is 13.0 Å². The Labute approximate surface area is 126 Å². The van der Waals surface area contributed by atoms with Gasteiger partial charge in [-0.3, -0.25) is 0 Å². The van der Waals surface area contributed by atoms with Crippen molar-refractivity contribution >= 4 is 37.6 Å². The molecular weight excluding hydrogens is 358 g/mol. The first kappa shape index (κ1) is 16.7. The maximum Gasteiger partial charge on any atom is 0.244 e. The molecular formula is C11H15BrClNO4S. The quantitative estimate of drug-likeness (QED) is 0.802. The standard InChI is InChI=1S/C11H15BrClNO4S/c1-7(3-4-15)14-19(16,17)10-6-8(13)5-9(12)11(10)18-2/h5-7,14-15H,3-4H2,1-2H3. The molecule has 5 nitrogen and oxygen atoms in total. The minimum absolute atomic E-state index is 0.0424. The summed E-state index contributed by atoms with van der Waals surface area (Å²) < 4.78 is 32.5. The lowest BCUT2D eigenvalue weighted by Gasteiger charge is -2.16. The minimum atomic E-state index is -3.77. The smallest absolute Gasteiger partial charge is 0.244 e. The molecule has 1 unspecified atom stereocenters. The van der Waals surface area contributed by atoms with E-state index >= 15 is 0 Å². The van der Waals surface area contributed by atoms with Crippen molar-refractivity contribution in [2.24, 2.45) is 0 Å². The summed E-state index contributed by atoms with van der Waals surface area (Å²) >= 11 is 9.07. The summed E-state index contributed by atoms with van der Waals surface area (Å²) in [7, 11) is -2.39. The van der Waals surface area contributed by atoms with Crippen molar-refractivity contribution in [3.8, 4) is 5.75 Å². The Morgan fingerprint density at radius 2 is 2.16 bits per heavy atom. The first-order valence-corrected chi connectivity index (χ1v) is 8.13. The van der Waals surface area contributed by atoms with Crippen LogP contribution in [0.25, 0.3) is 0 Å². The predicted molar refractivity (Wildman–Crippen MR) is 77.2 cm³/mol. The number of methoxy groups -OCH3 is 1. The summed E-state index contributed by atoms with van der Waals surface area (Å²) in [4.78, 5) is -0.0424. The summed E-state index contributed by atoms with van der Waals surface area (Å²) in [6, 6.07) is 2.48. The molecule has 0 aliphatic carbocycles. The number of hydrogen-bond donors (Lipinski definition) is 2. The fourth-order valence-electron chi connectivity index (χ4n) is 1.52. The van der Waals surface area contributed by atoms with Gasteiger partial charge in [0, 0.05) is 17.7 Å². The predicted octanol–water partition coefficient (Wildman–Crippen LogP) is 2.16. The summed E-state index contributed by atoms with van der Waals surface area (Å²) in [5.41, 5.74) is 0. The van der Waals surface area contributed by atoms with Crippen LogP contribution >= 0.6 is 27.5 Å². The molecule has 1 aromatic carbocycles.